The number of carbonyl (C=O) groups is 1. The number of nitrogens with zero attached hydrogens (tertiary/aromatic N) is 3. The summed E-state index contributed by atoms with van der Waals surface area (Å²) >= 11 is 1.25. The van der Waals surface area contributed by atoms with Crippen LogP contribution in [0.4, 0.5) is 10.5 Å². The van der Waals surface area contributed by atoms with Crippen molar-refractivity contribution in [2.24, 2.45) is 5.10 Å². The summed E-state index contributed by atoms with van der Waals surface area (Å²) in [6.45, 7) is 5.88. The average Bonchev–Trinajstić information content (AvgIpc) is 2.78. The lowest BCUT2D eigenvalue weighted by atomic mass is 10.1. The Balaban J connectivity index is 1.63. The van der Waals surface area contributed by atoms with Crippen LogP contribution in [-0.2, 0) is 11.3 Å². The summed E-state index contributed by atoms with van der Waals surface area (Å²) in [6, 6.07) is 15.5. The molecule has 0 atom stereocenters. The summed E-state index contributed by atoms with van der Waals surface area (Å²) in [5.41, 5.74) is 3.61. The van der Waals surface area contributed by atoms with E-state index < -0.39 is 0 Å². The van der Waals surface area contributed by atoms with Gasteiger partial charge >= 0.3 is 5.24 Å². The number of thioether (sulfide) groups is 1. The van der Waals surface area contributed by atoms with Crippen LogP contribution >= 0.6 is 11.8 Å². The van der Waals surface area contributed by atoms with Crippen LogP contribution in [0, 0.1) is 0 Å². The zero-order valence-corrected chi connectivity index (χ0v) is 19.7. The molecule has 8 heteroatoms. The zero-order valence-electron chi connectivity index (χ0n) is 18.8. The number of rotatable bonds is 11. The van der Waals surface area contributed by atoms with E-state index in [1.165, 1.54) is 16.8 Å². The van der Waals surface area contributed by atoms with Crippen LogP contribution in [0.25, 0.3) is 0 Å². The van der Waals surface area contributed by atoms with E-state index in [2.05, 4.69) is 21.9 Å². The average molecular weight is 455 g/mol. The fourth-order valence-corrected chi connectivity index (χ4v) is 3.90. The monoisotopic (exact) mass is 454 g/mol. The van der Waals surface area contributed by atoms with Gasteiger partial charge in [-0.05, 0) is 56.9 Å². The highest BCUT2D eigenvalue weighted by Crippen LogP contribution is 2.24. The van der Waals surface area contributed by atoms with Gasteiger partial charge in [-0.25, -0.2) is 5.01 Å². The maximum absolute atomic E-state index is 12.5. The maximum atomic E-state index is 12.5. The molecule has 0 fully saturated rings. The van der Waals surface area contributed by atoms with Crippen LogP contribution in [0.2, 0.25) is 0 Å². The van der Waals surface area contributed by atoms with E-state index in [1.54, 1.807) is 7.11 Å². The Bertz CT molecular complexity index is 977. The van der Waals surface area contributed by atoms with Crippen LogP contribution in [0.1, 0.15) is 17.5 Å². The molecule has 0 aromatic heterocycles. The molecule has 1 aliphatic rings. The van der Waals surface area contributed by atoms with E-state index in [9.17, 15) is 4.79 Å². The van der Waals surface area contributed by atoms with Gasteiger partial charge in [-0.3, -0.25) is 4.79 Å². The molecule has 3 rings (SSSR count). The molecule has 0 saturated carbocycles. The molecule has 7 nitrogen and oxygen atoms in total. The predicted molar refractivity (Wildman–Crippen MR) is 131 cm³/mol. The number of nitrogens with one attached hydrogen (secondary N) is 1. The van der Waals surface area contributed by atoms with Crippen molar-refractivity contribution < 1.29 is 14.3 Å². The number of anilines is 1. The molecule has 0 radical (unpaired) electrons. The second-order valence-corrected chi connectivity index (χ2v) is 8.57. The standard InChI is InChI=1S/C24H30N4O3S/c1-18(31-13-7-12-27(2)3)25-21-10-5-8-19(14-21)16-28-24(29)32-17-23(26-28)20-9-6-11-22(15-20)30-4/h5-6,8-11,14-15,25H,1,7,12-13,16-17H2,2-4H3. The van der Waals surface area contributed by atoms with Crippen molar-refractivity contribution in [1.29, 1.82) is 0 Å². The smallest absolute Gasteiger partial charge is 0.302 e. The van der Waals surface area contributed by atoms with E-state index in [-0.39, 0.29) is 5.24 Å². The highest BCUT2D eigenvalue weighted by molar-refractivity contribution is 8.14. The topological polar surface area (TPSA) is 66.4 Å². The van der Waals surface area contributed by atoms with E-state index in [0.717, 1.165) is 41.2 Å². The van der Waals surface area contributed by atoms with E-state index in [1.807, 2.05) is 62.6 Å². The largest absolute Gasteiger partial charge is 0.497 e. The van der Waals surface area contributed by atoms with Crippen LogP contribution in [-0.4, -0.2) is 61.0 Å². The lowest BCUT2D eigenvalue weighted by Crippen LogP contribution is -2.29. The lowest BCUT2D eigenvalue weighted by molar-refractivity contribution is 0.202. The second kappa shape index (κ2) is 11.6. The quantitative estimate of drug-likeness (QED) is 0.395. The normalized spacial score (nSPS) is 13.7. The van der Waals surface area contributed by atoms with Crippen molar-refractivity contribution >= 4 is 28.4 Å². The van der Waals surface area contributed by atoms with E-state index in [0.29, 0.717) is 24.8 Å². The summed E-state index contributed by atoms with van der Waals surface area (Å²) in [5, 5.41) is 9.24. The number of hydrogen-bond acceptors (Lipinski definition) is 7. The van der Waals surface area contributed by atoms with E-state index in [4.69, 9.17) is 9.47 Å². The summed E-state index contributed by atoms with van der Waals surface area (Å²) < 4.78 is 11.0. The molecule has 2 aromatic carbocycles. The van der Waals surface area contributed by atoms with Gasteiger partial charge in [0.25, 0.3) is 0 Å². The first kappa shape index (κ1) is 23.7. The first-order valence-electron chi connectivity index (χ1n) is 10.4. The van der Waals surface area contributed by atoms with Crippen LogP contribution in [0.5, 0.6) is 5.75 Å². The molecule has 2 aromatic rings. The minimum atomic E-state index is -0.0661. The van der Waals surface area contributed by atoms with Gasteiger partial charge in [-0.1, -0.05) is 36.0 Å². The molecular formula is C24H30N4O3S. The van der Waals surface area contributed by atoms with Gasteiger partial charge in [0.2, 0.25) is 0 Å². The molecule has 1 aliphatic heterocycles. The fraction of sp³-hybridized carbons (Fsp3) is 0.333. The van der Waals surface area contributed by atoms with Gasteiger partial charge in [0.1, 0.15) is 5.75 Å². The van der Waals surface area contributed by atoms with Gasteiger partial charge in [0.15, 0.2) is 5.88 Å². The first-order chi connectivity index (χ1) is 15.4. The Labute approximate surface area is 194 Å². The van der Waals surface area contributed by atoms with Crippen LogP contribution < -0.4 is 10.1 Å². The third-order valence-corrected chi connectivity index (χ3v) is 5.63. The second-order valence-electron chi connectivity index (χ2n) is 7.64. The van der Waals surface area contributed by atoms with Gasteiger partial charge < -0.3 is 19.7 Å². The van der Waals surface area contributed by atoms with Crippen LogP contribution in [0.3, 0.4) is 0 Å². The number of ether oxygens (including phenoxy) is 2. The highest BCUT2D eigenvalue weighted by atomic mass is 32.2. The van der Waals surface area contributed by atoms with Gasteiger partial charge in [0, 0.05) is 23.5 Å². The van der Waals surface area contributed by atoms with Crippen molar-refractivity contribution in [3.05, 3.63) is 72.1 Å². The molecule has 0 aliphatic carbocycles. The van der Waals surface area contributed by atoms with E-state index >= 15 is 0 Å². The number of carbonyl (C=O) groups excluding carboxylic acids is 1. The van der Waals surface area contributed by atoms with Crippen LogP contribution in [0.15, 0.2) is 66.1 Å². The molecule has 0 bridgehead atoms. The number of hydrogen-bond donors (Lipinski definition) is 1. The number of benzene rings is 2. The molecular weight excluding hydrogens is 424 g/mol. The highest BCUT2D eigenvalue weighted by Gasteiger charge is 2.22. The maximum Gasteiger partial charge on any atom is 0.302 e. The fourth-order valence-electron chi connectivity index (χ4n) is 3.16. The van der Waals surface area contributed by atoms with Crippen molar-refractivity contribution in [3.63, 3.8) is 0 Å². The van der Waals surface area contributed by atoms with Gasteiger partial charge in [0.05, 0.1) is 26.0 Å². The Hall–Kier alpha value is -2.97. The van der Waals surface area contributed by atoms with Gasteiger partial charge in [-0.15, -0.1) is 0 Å². The molecule has 0 spiro atoms. The zero-order chi connectivity index (χ0) is 22.9. The van der Waals surface area contributed by atoms with Crippen molar-refractivity contribution in [3.8, 4) is 5.75 Å². The van der Waals surface area contributed by atoms with Crippen molar-refractivity contribution in [2.75, 3.05) is 45.4 Å². The third-order valence-electron chi connectivity index (χ3n) is 4.76. The first-order valence-corrected chi connectivity index (χ1v) is 11.4. The van der Waals surface area contributed by atoms with Crippen molar-refractivity contribution in [1.82, 2.24) is 9.91 Å². The van der Waals surface area contributed by atoms with Gasteiger partial charge in [-0.2, -0.15) is 5.10 Å². The summed E-state index contributed by atoms with van der Waals surface area (Å²) in [5.74, 6) is 1.81. The Kier molecular flexibility index (Phi) is 8.58. The predicted octanol–water partition coefficient (Wildman–Crippen LogP) is 4.62. The lowest BCUT2D eigenvalue weighted by Gasteiger charge is -2.23. The Morgan fingerprint density at radius 3 is 2.84 bits per heavy atom. The molecule has 1 heterocycles. The molecule has 0 saturated heterocycles. The summed E-state index contributed by atoms with van der Waals surface area (Å²) in [4.78, 5) is 14.6. The summed E-state index contributed by atoms with van der Waals surface area (Å²) in [7, 11) is 5.71. The minimum Gasteiger partial charge on any atom is -0.497 e. The van der Waals surface area contributed by atoms with Crippen molar-refractivity contribution in [2.45, 2.75) is 13.0 Å². The number of amides is 1. The SMILES string of the molecule is C=C(Nc1cccc(CN2N=C(c3cccc(OC)c3)CSC2=O)c1)OCCCN(C)C. The third kappa shape index (κ3) is 7.03. The number of methoxy groups -OCH3 is 1. The summed E-state index contributed by atoms with van der Waals surface area (Å²) in [6.07, 6.45) is 0.927. The Morgan fingerprint density at radius 2 is 2.06 bits per heavy atom. The molecule has 32 heavy (non-hydrogen) atoms. The Morgan fingerprint density at radius 1 is 1.25 bits per heavy atom. The molecule has 1 N–H and O–H groups in total. The minimum absolute atomic E-state index is 0.0661. The number of hydrazone groups is 1. The molecule has 1 amide bonds. The molecule has 0 unspecified atom stereocenters. The molecule has 170 valence electrons.